The van der Waals surface area contributed by atoms with Crippen LogP contribution in [0.2, 0.25) is 0 Å². The molecule has 1 unspecified atom stereocenters. The SMILES string of the molecule is COc1cc(C)c2c(c1)c1c(n2C)CCC(N)C1. The second-order valence-corrected chi connectivity index (χ2v) is 5.33. The van der Waals surface area contributed by atoms with Gasteiger partial charge in [-0.15, -0.1) is 0 Å². The Morgan fingerprint density at radius 1 is 1.39 bits per heavy atom. The van der Waals surface area contributed by atoms with Gasteiger partial charge >= 0.3 is 0 Å². The zero-order chi connectivity index (χ0) is 12.9. The number of aryl methyl sites for hydroxylation is 2. The predicted molar refractivity (Wildman–Crippen MR) is 74.2 cm³/mol. The molecule has 18 heavy (non-hydrogen) atoms. The molecule has 0 aliphatic heterocycles. The standard InChI is InChI=1S/C15H20N2O/c1-9-6-11(18-3)8-13-12-7-10(16)4-5-14(12)17(2)15(9)13/h6,8,10H,4-5,7,16H2,1-3H3. The van der Waals surface area contributed by atoms with Crippen molar-refractivity contribution in [1.82, 2.24) is 4.57 Å². The molecule has 0 saturated carbocycles. The molecule has 0 amide bonds. The first-order valence-electron chi connectivity index (χ1n) is 6.52. The fourth-order valence-electron chi connectivity index (χ4n) is 3.27. The van der Waals surface area contributed by atoms with Gasteiger partial charge < -0.3 is 15.0 Å². The van der Waals surface area contributed by atoms with Crippen molar-refractivity contribution in [2.75, 3.05) is 7.11 Å². The molecule has 1 heterocycles. The number of nitrogens with zero attached hydrogens (tertiary/aromatic N) is 1. The van der Waals surface area contributed by atoms with E-state index in [2.05, 4.69) is 30.7 Å². The first-order valence-corrected chi connectivity index (χ1v) is 6.52. The first-order chi connectivity index (χ1) is 8.61. The van der Waals surface area contributed by atoms with Crippen LogP contribution in [0.25, 0.3) is 10.9 Å². The summed E-state index contributed by atoms with van der Waals surface area (Å²) in [6, 6.07) is 4.56. The van der Waals surface area contributed by atoms with Crippen molar-refractivity contribution in [1.29, 1.82) is 0 Å². The lowest BCUT2D eigenvalue weighted by Crippen LogP contribution is -2.28. The molecule has 1 aromatic heterocycles. The van der Waals surface area contributed by atoms with E-state index in [9.17, 15) is 0 Å². The summed E-state index contributed by atoms with van der Waals surface area (Å²) in [5.74, 6) is 0.938. The van der Waals surface area contributed by atoms with Crippen molar-refractivity contribution in [2.24, 2.45) is 12.8 Å². The van der Waals surface area contributed by atoms with E-state index in [1.54, 1.807) is 7.11 Å². The number of aromatic nitrogens is 1. The van der Waals surface area contributed by atoms with E-state index in [0.29, 0.717) is 6.04 Å². The van der Waals surface area contributed by atoms with Crippen LogP contribution in [0, 0.1) is 6.92 Å². The summed E-state index contributed by atoms with van der Waals surface area (Å²) in [6.07, 6.45) is 3.16. The molecule has 0 spiro atoms. The summed E-state index contributed by atoms with van der Waals surface area (Å²) in [5, 5.41) is 1.32. The zero-order valence-corrected chi connectivity index (χ0v) is 11.3. The van der Waals surface area contributed by atoms with Gasteiger partial charge in [-0.25, -0.2) is 0 Å². The summed E-state index contributed by atoms with van der Waals surface area (Å²) in [4.78, 5) is 0. The molecule has 0 radical (unpaired) electrons. The largest absolute Gasteiger partial charge is 0.497 e. The molecule has 2 N–H and O–H groups in total. The van der Waals surface area contributed by atoms with E-state index in [4.69, 9.17) is 10.5 Å². The third-order valence-electron chi connectivity index (χ3n) is 4.14. The Labute approximate surface area is 108 Å². The summed E-state index contributed by atoms with van der Waals surface area (Å²) in [7, 11) is 3.89. The molecule has 96 valence electrons. The summed E-state index contributed by atoms with van der Waals surface area (Å²) < 4.78 is 7.73. The highest BCUT2D eigenvalue weighted by molar-refractivity contribution is 5.89. The maximum absolute atomic E-state index is 6.12. The number of rotatable bonds is 1. The lowest BCUT2D eigenvalue weighted by atomic mass is 9.92. The van der Waals surface area contributed by atoms with Crippen LogP contribution in [0.3, 0.4) is 0 Å². The molecule has 3 nitrogen and oxygen atoms in total. The topological polar surface area (TPSA) is 40.2 Å². The fraction of sp³-hybridized carbons (Fsp3) is 0.467. The number of nitrogens with two attached hydrogens (primary N) is 1. The normalized spacial score (nSPS) is 19.0. The second kappa shape index (κ2) is 4.02. The van der Waals surface area contributed by atoms with Crippen LogP contribution >= 0.6 is 0 Å². The lowest BCUT2D eigenvalue weighted by molar-refractivity contribution is 0.415. The molecular formula is C15H20N2O. The molecule has 3 rings (SSSR count). The predicted octanol–water partition coefficient (Wildman–Crippen LogP) is 2.31. The van der Waals surface area contributed by atoms with Gasteiger partial charge in [-0.1, -0.05) is 0 Å². The van der Waals surface area contributed by atoms with Crippen molar-refractivity contribution in [3.8, 4) is 5.75 Å². The van der Waals surface area contributed by atoms with Crippen molar-refractivity contribution in [2.45, 2.75) is 32.2 Å². The van der Waals surface area contributed by atoms with Gasteiger partial charge in [0.1, 0.15) is 5.75 Å². The van der Waals surface area contributed by atoms with Gasteiger partial charge in [0.15, 0.2) is 0 Å². The Kier molecular flexibility index (Phi) is 2.59. The van der Waals surface area contributed by atoms with Crippen LogP contribution in [0.1, 0.15) is 23.2 Å². The third-order valence-corrected chi connectivity index (χ3v) is 4.14. The van der Waals surface area contributed by atoms with Gasteiger partial charge in [0, 0.05) is 24.2 Å². The van der Waals surface area contributed by atoms with Gasteiger partial charge in [-0.3, -0.25) is 0 Å². The van der Waals surface area contributed by atoms with Crippen LogP contribution in [-0.2, 0) is 19.9 Å². The van der Waals surface area contributed by atoms with E-state index < -0.39 is 0 Å². The Balaban J connectivity index is 2.34. The van der Waals surface area contributed by atoms with Crippen LogP contribution in [0.5, 0.6) is 5.75 Å². The van der Waals surface area contributed by atoms with Crippen LogP contribution in [0.4, 0.5) is 0 Å². The number of hydrogen-bond acceptors (Lipinski definition) is 2. The zero-order valence-electron chi connectivity index (χ0n) is 11.3. The van der Waals surface area contributed by atoms with Crippen molar-refractivity contribution < 1.29 is 4.74 Å². The van der Waals surface area contributed by atoms with Gasteiger partial charge in [-0.05, 0) is 49.4 Å². The van der Waals surface area contributed by atoms with E-state index >= 15 is 0 Å². The van der Waals surface area contributed by atoms with Crippen molar-refractivity contribution in [3.05, 3.63) is 29.0 Å². The van der Waals surface area contributed by atoms with Crippen LogP contribution in [0.15, 0.2) is 12.1 Å². The second-order valence-electron chi connectivity index (χ2n) is 5.33. The molecule has 2 aromatic rings. The molecule has 0 bridgehead atoms. The molecular weight excluding hydrogens is 224 g/mol. The molecule has 1 atom stereocenters. The summed E-state index contributed by atoms with van der Waals surface area (Å²) in [5.41, 5.74) is 11.6. The Bertz CT molecular complexity index is 613. The van der Waals surface area contributed by atoms with Crippen LogP contribution < -0.4 is 10.5 Å². The average Bonchev–Trinajstić information content (AvgIpc) is 2.63. The Morgan fingerprint density at radius 3 is 2.89 bits per heavy atom. The molecule has 1 aliphatic rings. The maximum Gasteiger partial charge on any atom is 0.119 e. The lowest BCUT2D eigenvalue weighted by Gasteiger charge is -2.19. The maximum atomic E-state index is 6.12. The van der Waals surface area contributed by atoms with Gasteiger partial charge in [0.05, 0.1) is 12.6 Å². The van der Waals surface area contributed by atoms with E-state index in [0.717, 1.165) is 25.0 Å². The Hall–Kier alpha value is -1.48. The smallest absolute Gasteiger partial charge is 0.119 e. The number of fused-ring (bicyclic) bond motifs is 3. The number of ether oxygens (including phenoxy) is 1. The van der Waals surface area contributed by atoms with E-state index in [1.807, 2.05) is 0 Å². The minimum absolute atomic E-state index is 0.301. The third kappa shape index (κ3) is 1.54. The van der Waals surface area contributed by atoms with E-state index in [-0.39, 0.29) is 0 Å². The number of hydrogen-bond donors (Lipinski definition) is 1. The molecule has 3 heteroatoms. The van der Waals surface area contributed by atoms with Crippen molar-refractivity contribution in [3.63, 3.8) is 0 Å². The fourth-order valence-corrected chi connectivity index (χ4v) is 3.27. The van der Waals surface area contributed by atoms with Gasteiger partial charge in [0.25, 0.3) is 0 Å². The number of methoxy groups -OCH3 is 1. The molecule has 1 aromatic carbocycles. The Morgan fingerprint density at radius 2 is 2.17 bits per heavy atom. The van der Waals surface area contributed by atoms with Crippen LogP contribution in [-0.4, -0.2) is 17.7 Å². The summed E-state index contributed by atoms with van der Waals surface area (Å²) >= 11 is 0. The highest BCUT2D eigenvalue weighted by Gasteiger charge is 2.23. The van der Waals surface area contributed by atoms with E-state index in [1.165, 1.54) is 27.7 Å². The highest BCUT2D eigenvalue weighted by Crippen LogP contribution is 2.35. The molecule has 1 aliphatic carbocycles. The molecule has 0 saturated heterocycles. The number of benzene rings is 1. The van der Waals surface area contributed by atoms with Gasteiger partial charge in [-0.2, -0.15) is 0 Å². The molecule has 0 fully saturated rings. The first kappa shape index (κ1) is 11.6. The minimum atomic E-state index is 0.301. The monoisotopic (exact) mass is 244 g/mol. The summed E-state index contributed by atoms with van der Waals surface area (Å²) in [6.45, 7) is 2.15. The van der Waals surface area contributed by atoms with Gasteiger partial charge in [0.2, 0.25) is 0 Å². The van der Waals surface area contributed by atoms with Crippen molar-refractivity contribution >= 4 is 10.9 Å². The quantitative estimate of drug-likeness (QED) is 0.836. The highest BCUT2D eigenvalue weighted by atomic mass is 16.5. The average molecular weight is 244 g/mol. The minimum Gasteiger partial charge on any atom is -0.497 e.